The van der Waals surface area contributed by atoms with Crippen molar-refractivity contribution >= 4 is 11.6 Å². The third kappa shape index (κ3) is 2.82. The van der Waals surface area contributed by atoms with Crippen molar-refractivity contribution in [3.05, 3.63) is 59.2 Å². The Morgan fingerprint density at radius 2 is 1.85 bits per heavy atom. The molecule has 0 aliphatic heterocycles. The first-order valence-electron chi connectivity index (χ1n) is 6.52. The standard InChI is InChI=1S/C17H19NO2/c1-12-6-5-7-15(10-12)18(3)17(19)14-9-8-13(2)16(11-14)20-4/h5-11H,1-4H3. The molecule has 0 saturated heterocycles. The minimum absolute atomic E-state index is 0.0473. The van der Waals surface area contributed by atoms with Gasteiger partial charge in [0.2, 0.25) is 0 Å². The monoisotopic (exact) mass is 269 g/mol. The second-order valence-electron chi connectivity index (χ2n) is 4.89. The summed E-state index contributed by atoms with van der Waals surface area (Å²) in [5.74, 6) is 0.683. The molecule has 104 valence electrons. The highest BCUT2D eigenvalue weighted by molar-refractivity contribution is 6.06. The normalized spacial score (nSPS) is 10.2. The van der Waals surface area contributed by atoms with Crippen molar-refractivity contribution in [1.82, 2.24) is 0 Å². The Hall–Kier alpha value is -2.29. The van der Waals surface area contributed by atoms with Crippen molar-refractivity contribution in [3.8, 4) is 5.75 Å². The molecule has 20 heavy (non-hydrogen) atoms. The highest BCUT2D eigenvalue weighted by Gasteiger charge is 2.14. The van der Waals surface area contributed by atoms with Crippen molar-refractivity contribution < 1.29 is 9.53 Å². The molecular formula is C17H19NO2. The summed E-state index contributed by atoms with van der Waals surface area (Å²) in [5, 5.41) is 0. The number of rotatable bonds is 3. The zero-order chi connectivity index (χ0) is 14.7. The van der Waals surface area contributed by atoms with Gasteiger partial charge in [-0.1, -0.05) is 18.2 Å². The Labute approximate surface area is 119 Å². The quantitative estimate of drug-likeness (QED) is 0.852. The van der Waals surface area contributed by atoms with Crippen LogP contribution in [0.5, 0.6) is 5.75 Å². The lowest BCUT2D eigenvalue weighted by Gasteiger charge is -2.18. The van der Waals surface area contributed by atoms with E-state index in [0.29, 0.717) is 5.56 Å². The molecule has 0 heterocycles. The summed E-state index contributed by atoms with van der Waals surface area (Å²) in [6.45, 7) is 3.97. The molecule has 2 aromatic carbocycles. The summed E-state index contributed by atoms with van der Waals surface area (Å²) in [6.07, 6.45) is 0. The largest absolute Gasteiger partial charge is 0.496 e. The number of benzene rings is 2. The number of carbonyl (C=O) groups is 1. The summed E-state index contributed by atoms with van der Waals surface area (Å²) in [4.78, 5) is 14.2. The van der Waals surface area contributed by atoms with E-state index in [-0.39, 0.29) is 5.91 Å². The van der Waals surface area contributed by atoms with E-state index >= 15 is 0 Å². The number of ether oxygens (including phenoxy) is 1. The fourth-order valence-corrected chi connectivity index (χ4v) is 2.10. The molecule has 0 atom stereocenters. The number of anilines is 1. The van der Waals surface area contributed by atoms with Crippen LogP contribution < -0.4 is 9.64 Å². The minimum Gasteiger partial charge on any atom is -0.496 e. The summed E-state index contributed by atoms with van der Waals surface area (Å²) in [6, 6.07) is 13.4. The third-order valence-electron chi connectivity index (χ3n) is 3.35. The molecule has 2 aromatic rings. The van der Waals surface area contributed by atoms with Crippen molar-refractivity contribution in [2.75, 3.05) is 19.1 Å². The van der Waals surface area contributed by atoms with E-state index < -0.39 is 0 Å². The van der Waals surface area contributed by atoms with Gasteiger partial charge in [0.05, 0.1) is 7.11 Å². The first-order valence-corrected chi connectivity index (χ1v) is 6.52. The second kappa shape index (κ2) is 5.78. The predicted octanol–water partition coefficient (Wildman–Crippen LogP) is 3.59. The zero-order valence-electron chi connectivity index (χ0n) is 12.3. The highest BCUT2D eigenvalue weighted by Crippen LogP contribution is 2.22. The van der Waals surface area contributed by atoms with E-state index in [9.17, 15) is 4.79 Å². The van der Waals surface area contributed by atoms with Crippen molar-refractivity contribution in [1.29, 1.82) is 0 Å². The topological polar surface area (TPSA) is 29.5 Å². The van der Waals surface area contributed by atoms with Gasteiger partial charge in [0.25, 0.3) is 5.91 Å². The van der Waals surface area contributed by atoms with Crippen LogP contribution in [0.4, 0.5) is 5.69 Å². The summed E-state index contributed by atoms with van der Waals surface area (Å²) >= 11 is 0. The van der Waals surface area contributed by atoms with Gasteiger partial charge < -0.3 is 9.64 Å². The molecule has 0 aromatic heterocycles. The maximum Gasteiger partial charge on any atom is 0.258 e. The summed E-state index contributed by atoms with van der Waals surface area (Å²) in [7, 11) is 3.39. The van der Waals surface area contributed by atoms with Gasteiger partial charge in [-0.3, -0.25) is 4.79 Å². The number of carbonyl (C=O) groups excluding carboxylic acids is 1. The van der Waals surface area contributed by atoms with Crippen LogP contribution in [0.2, 0.25) is 0 Å². The summed E-state index contributed by atoms with van der Waals surface area (Å²) < 4.78 is 5.27. The Balaban J connectivity index is 2.31. The van der Waals surface area contributed by atoms with Crippen molar-refractivity contribution in [2.24, 2.45) is 0 Å². The lowest BCUT2D eigenvalue weighted by atomic mass is 10.1. The Morgan fingerprint density at radius 3 is 2.50 bits per heavy atom. The van der Waals surface area contributed by atoms with Gasteiger partial charge in [-0.15, -0.1) is 0 Å². The number of hydrogen-bond acceptors (Lipinski definition) is 2. The highest BCUT2D eigenvalue weighted by atomic mass is 16.5. The molecule has 0 aliphatic carbocycles. The number of nitrogens with zero attached hydrogens (tertiary/aromatic N) is 1. The van der Waals surface area contributed by atoms with Gasteiger partial charge in [-0.2, -0.15) is 0 Å². The van der Waals surface area contributed by atoms with Crippen LogP contribution >= 0.6 is 0 Å². The van der Waals surface area contributed by atoms with Gasteiger partial charge in [0.15, 0.2) is 0 Å². The van der Waals surface area contributed by atoms with Gasteiger partial charge in [-0.25, -0.2) is 0 Å². The Bertz CT molecular complexity index is 635. The lowest BCUT2D eigenvalue weighted by molar-refractivity contribution is 0.0992. The maximum absolute atomic E-state index is 12.5. The molecule has 0 bridgehead atoms. The van der Waals surface area contributed by atoms with Crippen LogP contribution in [0, 0.1) is 13.8 Å². The number of hydrogen-bond donors (Lipinski definition) is 0. The number of amides is 1. The lowest BCUT2D eigenvalue weighted by Crippen LogP contribution is -2.26. The molecule has 0 unspecified atom stereocenters. The average molecular weight is 269 g/mol. The van der Waals surface area contributed by atoms with Gasteiger partial charge in [0, 0.05) is 18.3 Å². The second-order valence-corrected chi connectivity index (χ2v) is 4.89. The predicted molar refractivity (Wildman–Crippen MR) is 81.6 cm³/mol. The SMILES string of the molecule is COc1cc(C(=O)N(C)c2cccc(C)c2)ccc1C. The first-order chi connectivity index (χ1) is 9.52. The van der Waals surface area contributed by atoms with Gasteiger partial charge in [0.1, 0.15) is 5.75 Å². The van der Waals surface area contributed by atoms with E-state index in [1.54, 1.807) is 25.1 Å². The van der Waals surface area contributed by atoms with Crippen LogP contribution in [0.25, 0.3) is 0 Å². The average Bonchev–Trinajstić information content (AvgIpc) is 2.46. The van der Waals surface area contributed by atoms with Gasteiger partial charge in [-0.05, 0) is 49.2 Å². The third-order valence-corrected chi connectivity index (χ3v) is 3.35. The molecule has 0 radical (unpaired) electrons. The van der Waals surface area contributed by atoms with E-state index in [2.05, 4.69) is 0 Å². The molecular weight excluding hydrogens is 250 g/mol. The van der Waals surface area contributed by atoms with Crippen molar-refractivity contribution in [2.45, 2.75) is 13.8 Å². The zero-order valence-corrected chi connectivity index (χ0v) is 12.3. The van der Waals surface area contributed by atoms with Crippen molar-refractivity contribution in [3.63, 3.8) is 0 Å². The maximum atomic E-state index is 12.5. The van der Waals surface area contributed by atoms with Gasteiger partial charge >= 0.3 is 0 Å². The van der Waals surface area contributed by atoms with Crippen LogP contribution in [0.15, 0.2) is 42.5 Å². The van der Waals surface area contributed by atoms with Crippen LogP contribution in [0.3, 0.4) is 0 Å². The Morgan fingerprint density at radius 1 is 1.10 bits per heavy atom. The number of aryl methyl sites for hydroxylation is 2. The fourth-order valence-electron chi connectivity index (χ4n) is 2.10. The molecule has 3 heteroatoms. The van der Waals surface area contributed by atoms with E-state index in [1.165, 1.54) is 0 Å². The molecule has 0 fully saturated rings. The van der Waals surface area contributed by atoms with Crippen LogP contribution in [-0.2, 0) is 0 Å². The molecule has 1 amide bonds. The van der Waals surface area contributed by atoms with E-state index in [0.717, 1.165) is 22.6 Å². The molecule has 2 rings (SSSR count). The molecule has 0 N–H and O–H groups in total. The number of methoxy groups -OCH3 is 1. The smallest absolute Gasteiger partial charge is 0.258 e. The fraction of sp³-hybridized carbons (Fsp3) is 0.235. The van der Waals surface area contributed by atoms with E-state index in [4.69, 9.17) is 4.74 Å². The first kappa shape index (κ1) is 14.1. The molecule has 0 spiro atoms. The molecule has 0 saturated carbocycles. The van der Waals surface area contributed by atoms with Crippen LogP contribution in [-0.4, -0.2) is 20.1 Å². The van der Waals surface area contributed by atoms with Crippen LogP contribution in [0.1, 0.15) is 21.5 Å². The molecule has 3 nitrogen and oxygen atoms in total. The van der Waals surface area contributed by atoms with E-state index in [1.807, 2.05) is 50.2 Å². The minimum atomic E-state index is -0.0473. The Kier molecular flexibility index (Phi) is 4.08. The molecule has 0 aliphatic rings. The summed E-state index contributed by atoms with van der Waals surface area (Å²) in [5.41, 5.74) is 3.65.